The van der Waals surface area contributed by atoms with Gasteiger partial charge in [0.2, 0.25) is 0 Å². The molecule has 1 aromatic carbocycles. The largest absolute Gasteiger partial charge is 0.316 e. The van der Waals surface area contributed by atoms with Crippen LogP contribution in [0.2, 0.25) is 0 Å². The first kappa shape index (κ1) is 13.9. The third kappa shape index (κ3) is 3.26. The maximum absolute atomic E-state index is 14.1. The van der Waals surface area contributed by atoms with Gasteiger partial charge in [-0.1, -0.05) is 15.9 Å². The minimum atomic E-state index is -3.11. The number of halogens is 4. The molecule has 1 aromatic rings. The van der Waals surface area contributed by atoms with E-state index in [1.54, 1.807) is 0 Å². The van der Waals surface area contributed by atoms with E-state index >= 15 is 0 Å². The summed E-state index contributed by atoms with van der Waals surface area (Å²) in [5, 5.41) is 3.10. The van der Waals surface area contributed by atoms with E-state index in [1.165, 1.54) is 12.1 Å². The van der Waals surface area contributed by atoms with Gasteiger partial charge in [0.1, 0.15) is 5.82 Å². The number of hydrogen-bond acceptors (Lipinski definition) is 1. The lowest BCUT2D eigenvalue weighted by molar-refractivity contribution is -0.0348. The Morgan fingerprint density at radius 2 is 2.17 bits per heavy atom. The Morgan fingerprint density at radius 1 is 1.39 bits per heavy atom. The molecular weight excluding hydrogens is 307 g/mol. The molecule has 18 heavy (non-hydrogen) atoms. The van der Waals surface area contributed by atoms with Crippen LogP contribution in [-0.4, -0.2) is 13.1 Å². The molecule has 0 aliphatic carbocycles. The predicted molar refractivity (Wildman–Crippen MR) is 68.2 cm³/mol. The lowest BCUT2D eigenvalue weighted by atomic mass is 9.90. The van der Waals surface area contributed by atoms with Crippen LogP contribution in [0.4, 0.5) is 13.2 Å². The average Bonchev–Trinajstić information content (AvgIpc) is 2.33. The monoisotopic (exact) mass is 321 g/mol. The Balaban J connectivity index is 2.15. The van der Waals surface area contributed by atoms with Crippen LogP contribution >= 0.6 is 15.9 Å². The third-order valence-electron chi connectivity index (χ3n) is 3.27. The molecule has 0 aromatic heterocycles. The molecule has 0 saturated carbocycles. The molecule has 0 spiro atoms. The van der Waals surface area contributed by atoms with Gasteiger partial charge in [0.25, 0.3) is 5.92 Å². The fourth-order valence-corrected chi connectivity index (χ4v) is 2.71. The number of nitrogens with one attached hydrogen (secondary N) is 1. The standard InChI is InChI=1S/C13H15BrF3N/c14-10-3-4-12(15)11(6-10)13(16,17)7-9-2-1-5-18-8-9/h3-4,6,9,18H,1-2,5,7-8H2. The van der Waals surface area contributed by atoms with Crippen LogP contribution < -0.4 is 5.32 Å². The van der Waals surface area contributed by atoms with Crippen molar-refractivity contribution in [1.29, 1.82) is 0 Å². The minimum Gasteiger partial charge on any atom is -0.316 e. The van der Waals surface area contributed by atoms with E-state index < -0.39 is 17.3 Å². The van der Waals surface area contributed by atoms with Crippen molar-refractivity contribution in [1.82, 2.24) is 5.32 Å². The Labute approximate surface area is 113 Å². The van der Waals surface area contributed by atoms with Gasteiger partial charge in [0.05, 0.1) is 5.56 Å². The normalized spacial score (nSPS) is 21.0. The van der Waals surface area contributed by atoms with E-state index in [-0.39, 0.29) is 12.3 Å². The molecule has 100 valence electrons. The summed E-state index contributed by atoms with van der Waals surface area (Å²) in [6.45, 7) is 1.47. The third-order valence-corrected chi connectivity index (χ3v) is 3.76. The van der Waals surface area contributed by atoms with Crippen LogP contribution in [0, 0.1) is 11.7 Å². The first-order valence-corrected chi connectivity index (χ1v) is 6.82. The van der Waals surface area contributed by atoms with E-state index in [9.17, 15) is 13.2 Å². The van der Waals surface area contributed by atoms with Gasteiger partial charge in [-0.05, 0) is 50.0 Å². The molecule has 1 aliphatic rings. The van der Waals surface area contributed by atoms with Crippen molar-refractivity contribution < 1.29 is 13.2 Å². The Hall–Kier alpha value is -0.550. The molecule has 5 heteroatoms. The van der Waals surface area contributed by atoms with Crippen molar-refractivity contribution in [3.8, 4) is 0 Å². The van der Waals surface area contributed by atoms with Gasteiger partial charge in [0.15, 0.2) is 0 Å². The summed E-state index contributed by atoms with van der Waals surface area (Å²) in [7, 11) is 0. The molecule has 2 rings (SSSR count). The SMILES string of the molecule is Fc1ccc(Br)cc1C(F)(F)CC1CCCNC1. The topological polar surface area (TPSA) is 12.0 Å². The van der Waals surface area contributed by atoms with Crippen molar-refractivity contribution in [3.63, 3.8) is 0 Å². The van der Waals surface area contributed by atoms with Gasteiger partial charge in [-0.25, -0.2) is 13.2 Å². The van der Waals surface area contributed by atoms with Crippen molar-refractivity contribution in [2.24, 2.45) is 5.92 Å². The second kappa shape index (κ2) is 5.61. The second-order valence-electron chi connectivity index (χ2n) is 4.75. The Kier molecular flexibility index (Phi) is 4.33. The van der Waals surface area contributed by atoms with Crippen LogP contribution in [0.3, 0.4) is 0 Å². The molecule has 0 bridgehead atoms. The van der Waals surface area contributed by atoms with Crippen LogP contribution in [0.25, 0.3) is 0 Å². The molecule has 1 nitrogen and oxygen atoms in total. The highest BCUT2D eigenvalue weighted by Gasteiger charge is 2.37. The van der Waals surface area contributed by atoms with E-state index in [2.05, 4.69) is 21.2 Å². The van der Waals surface area contributed by atoms with Crippen LogP contribution in [0.15, 0.2) is 22.7 Å². The maximum atomic E-state index is 14.1. The number of benzene rings is 1. The van der Waals surface area contributed by atoms with Gasteiger partial charge in [-0.15, -0.1) is 0 Å². The zero-order valence-electron chi connectivity index (χ0n) is 9.86. The first-order valence-electron chi connectivity index (χ1n) is 6.03. The quantitative estimate of drug-likeness (QED) is 0.884. The number of piperidine rings is 1. The zero-order valence-corrected chi connectivity index (χ0v) is 11.4. The fourth-order valence-electron chi connectivity index (χ4n) is 2.35. The minimum absolute atomic E-state index is 0.0906. The van der Waals surface area contributed by atoms with Gasteiger partial charge >= 0.3 is 0 Å². The highest BCUT2D eigenvalue weighted by Crippen LogP contribution is 2.38. The summed E-state index contributed by atoms with van der Waals surface area (Å²) in [5.41, 5.74) is -0.512. The lowest BCUT2D eigenvalue weighted by Crippen LogP contribution is -2.33. The first-order chi connectivity index (χ1) is 8.49. The number of alkyl halides is 2. The Morgan fingerprint density at radius 3 is 2.83 bits per heavy atom. The number of hydrogen-bond donors (Lipinski definition) is 1. The molecule has 1 heterocycles. The van der Waals surface area contributed by atoms with E-state index in [0.717, 1.165) is 25.5 Å². The number of rotatable bonds is 3. The second-order valence-corrected chi connectivity index (χ2v) is 5.66. The average molecular weight is 322 g/mol. The van der Waals surface area contributed by atoms with Crippen LogP contribution in [0.5, 0.6) is 0 Å². The van der Waals surface area contributed by atoms with Crippen molar-refractivity contribution in [3.05, 3.63) is 34.1 Å². The van der Waals surface area contributed by atoms with Crippen molar-refractivity contribution in [2.75, 3.05) is 13.1 Å². The molecular formula is C13H15BrF3N. The molecule has 1 aliphatic heterocycles. The van der Waals surface area contributed by atoms with Crippen molar-refractivity contribution >= 4 is 15.9 Å². The highest BCUT2D eigenvalue weighted by molar-refractivity contribution is 9.10. The molecule has 1 N–H and O–H groups in total. The lowest BCUT2D eigenvalue weighted by Gasteiger charge is -2.27. The molecule has 0 radical (unpaired) electrons. The highest BCUT2D eigenvalue weighted by atomic mass is 79.9. The van der Waals surface area contributed by atoms with Crippen LogP contribution in [0.1, 0.15) is 24.8 Å². The van der Waals surface area contributed by atoms with Gasteiger partial charge < -0.3 is 5.32 Å². The maximum Gasteiger partial charge on any atom is 0.276 e. The molecule has 1 fully saturated rings. The summed E-state index contributed by atoms with van der Waals surface area (Å²) < 4.78 is 42.2. The molecule has 1 atom stereocenters. The van der Waals surface area contributed by atoms with E-state index in [1.807, 2.05) is 0 Å². The summed E-state index contributed by atoms with van der Waals surface area (Å²) in [4.78, 5) is 0. The summed E-state index contributed by atoms with van der Waals surface area (Å²) >= 11 is 3.10. The fraction of sp³-hybridized carbons (Fsp3) is 0.538. The molecule has 1 saturated heterocycles. The summed E-state index contributed by atoms with van der Waals surface area (Å²) in [5.74, 6) is -4.04. The summed E-state index contributed by atoms with van der Waals surface area (Å²) in [6.07, 6.45) is 1.38. The van der Waals surface area contributed by atoms with Crippen LogP contribution in [-0.2, 0) is 5.92 Å². The van der Waals surface area contributed by atoms with E-state index in [0.29, 0.717) is 11.0 Å². The van der Waals surface area contributed by atoms with Gasteiger partial charge in [0, 0.05) is 10.9 Å². The van der Waals surface area contributed by atoms with E-state index in [4.69, 9.17) is 0 Å². The van der Waals surface area contributed by atoms with Gasteiger partial charge in [-0.3, -0.25) is 0 Å². The molecule has 1 unspecified atom stereocenters. The van der Waals surface area contributed by atoms with Crippen molar-refractivity contribution in [2.45, 2.75) is 25.2 Å². The summed E-state index contributed by atoms with van der Waals surface area (Å²) in [6, 6.07) is 3.68. The molecule has 0 amide bonds. The Bertz CT molecular complexity index is 417. The predicted octanol–water partition coefficient (Wildman–Crippen LogP) is 4.07. The van der Waals surface area contributed by atoms with Gasteiger partial charge in [-0.2, -0.15) is 0 Å². The zero-order chi connectivity index (χ0) is 13.2. The smallest absolute Gasteiger partial charge is 0.276 e.